The van der Waals surface area contributed by atoms with Gasteiger partial charge in [0, 0.05) is 0 Å². The van der Waals surface area contributed by atoms with Gasteiger partial charge in [0.05, 0.1) is 35.5 Å². The minimum absolute atomic E-state index is 0.0276. The SMILES string of the molecule is Cc1nn(Cc2ccccc2)c(C)c1N1C(=O)[C@@H]2CCCC[C@H]2C1=O. The molecule has 1 aromatic heterocycles. The van der Waals surface area contributed by atoms with Crippen molar-refractivity contribution in [3.63, 3.8) is 0 Å². The first-order valence-corrected chi connectivity index (χ1v) is 9.03. The Kier molecular flexibility index (Phi) is 3.94. The molecule has 1 aromatic carbocycles. The van der Waals surface area contributed by atoms with Gasteiger partial charge in [0.15, 0.2) is 0 Å². The molecule has 1 saturated heterocycles. The number of anilines is 1. The lowest BCUT2D eigenvalue weighted by atomic mass is 9.81. The third-order valence-electron chi connectivity index (χ3n) is 5.58. The number of carbonyl (C=O) groups is 2. The molecule has 2 atom stereocenters. The summed E-state index contributed by atoms with van der Waals surface area (Å²) in [7, 11) is 0. The quantitative estimate of drug-likeness (QED) is 0.808. The van der Waals surface area contributed by atoms with E-state index in [9.17, 15) is 9.59 Å². The minimum atomic E-state index is -0.127. The summed E-state index contributed by atoms with van der Waals surface area (Å²) in [6, 6.07) is 10.1. The van der Waals surface area contributed by atoms with Crippen LogP contribution < -0.4 is 4.90 Å². The van der Waals surface area contributed by atoms with E-state index in [1.807, 2.05) is 36.7 Å². The van der Waals surface area contributed by atoms with Crippen molar-refractivity contribution >= 4 is 17.5 Å². The van der Waals surface area contributed by atoms with E-state index in [1.165, 1.54) is 4.90 Å². The fraction of sp³-hybridized carbons (Fsp3) is 0.450. The van der Waals surface area contributed by atoms with E-state index in [-0.39, 0.29) is 23.7 Å². The smallest absolute Gasteiger partial charge is 0.237 e. The van der Waals surface area contributed by atoms with E-state index >= 15 is 0 Å². The number of fused-ring (bicyclic) bond motifs is 1. The molecule has 25 heavy (non-hydrogen) atoms. The number of amides is 2. The van der Waals surface area contributed by atoms with Crippen molar-refractivity contribution < 1.29 is 9.59 Å². The Morgan fingerprint density at radius 2 is 1.60 bits per heavy atom. The van der Waals surface area contributed by atoms with Crippen LogP contribution in [-0.4, -0.2) is 21.6 Å². The molecule has 0 unspecified atom stereocenters. The van der Waals surface area contributed by atoms with Gasteiger partial charge in [0.1, 0.15) is 0 Å². The van der Waals surface area contributed by atoms with E-state index < -0.39 is 0 Å². The molecule has 2 fully saturated rings. The molecular formula is C20H23N3O2. The molecule has 5 heteroatoms. The molecule has 0 bridgehead atoms. The fourth-order valence-corrected chi connectivity index (χ4v) is 4.30. The highest BCUT2D eigenvalue weighted by molar-refractivity contribution is 6.22. The summed E-state index contributed by atoms with van der Waals surface area (Å²) in [5.74, 6) is -0.310. The van der Waals surface area contributed by atoms with Crippen LogP contribution >= 0.6 is 0 Å². The number of imide groups is 1. The van der Waals surface area contributed by atoms with Crippen LogP contribution in [0.15, 0.2) is 30.3 Å². The van der Waals surface area contributed by atoms with Crippen LogP contribution in [0.3, 0.4) is 0 Å². The number of aromatic nitrogens is 2. The molecule has 2 aromatic rings. The van der Waals surface area contributed by atoms with Crippen LogP contribution in [0.4, 0.5) is 5.69 Å². The average Bonchev–Trinajstić information content (AvgIpc) is 3.03. The van der Waals surface area contributed by atoms with Crippen molar-refractivity contribution in [2.24, 2.45) is 11.8 Å². The Morgan fingerprint density at radius 3 is 2.20 bits per heavy atom. The summed E-state index contributed by atoms with van der Waals surface area (Å²) < 4.78 is 1.89. The number of hydrogen-bond acceptors (Lipinski definition) is 3. The number of rotatable bonds is 3. The van der Waals surface area contributed by atoms with Crippen LogP contribution in [0.5, 0.6) is 0 Å². The summed E-state index contributed by atoms with van der Waals surface area (Å²) in [5, 5.41) is 4.61. The van der Waals surface area contributed by atoms with Crippen LogP contribution in [0, 0.1) is 25.7 Å². The van der Waals surface area contributed by atoms with E-state index in [0.29, 0.717) is 12.2 Å². The largest absolute Gasteiger partial charge is 0.274 e. The second-order valence-electron chi connectivity index (χ2n) is 7.17. The summed E-state index contributed by atoms with van der Waals surface area (Å²) >= 11 is 0. The summed E-state index contributed by atoms with van der Waals surface area (Å²) in [5.41, 5.74) is 3.46. The topological polar surface area (TPSA) is 55.2 Å². The minimum Gasteiger partial charge on any atom is -0.274 e. The number of benzene rings is 1. The maximum absolute atomic E-state index is 12.9. The van der Waals surface area contributed by atoms with E-state index in [1.54, 1.807) is 0 Å². The number of hydrogen-bond donors (Lipinski definition) is 0. The molecule has 130 valence electrons. The summed E-state index contributed by atoms with van der Waals surface area (Å²) in [6.07, 6.45) is 3.75. The van der Waals surface area contributed by atoms with Crippen molar-refractivity contribution in [1.82, 2.24) is 9.78 Å². The molecule has 2 heterocycles. The van der Waals surface area contributed by atoms with Crippen molar-refractivity contribution in [3.8, 4) is 0 Å². The van der Waals surface area contributed by atoms with Gasteiger partial charge in [-0.3, -0.25) is 14.3 Å². The van der Waals surface area contributed by atoms with Gasteiger partial charge < -0.3 is 0 Å². The Labute approximate surface area is 147 Å². The average molecular weight is 337 g/mol. The normalized spacial score (nSPS) is 23.2. The molecule has 4 rings (SSSR count). The van der Waals surface area contributed by atoms with Crippen molar-refractivity contribution in [1.29, 1.82) is 0 Å². The van der Waals surface area contributed by atoms with Crippen LogP contribution in [0.25, 0.3) is 0 Å². The molecule has 2 amide bonds. The molecule has 2 aliphatic rings. The first-order valence-electron chi connectivity index (χ1n) is 9.03. The summed E-state index contributed by atoms with van der Waals surface area (Å²) in [4.78, 5) is 27.2. The van der Waals surface area contributed by atoms with Gasteiger partial charge in [-0.15, -0.1) is 0 Å². The van der Waals surface area contributed by atoms with Crippen LogP contribution in [-0.2, 0) is 16.1 Å². The van der Waals surface area contributed by atoms with Gasteiger partial charge in [-0.2, -0.15) is 5.10 Å². The Morgan fingerprint density at radius 1 is 1.00 bits per heavy atom. The second kappa shape index (κ2) is 6.14. The molecule has 0 radical (unpaired) electrons. The standard InChI is InChI=1S/C20H23N3O2/c1-13-18(14(2)22(21-13)12-15-8-4-3-5-9-15)23-19(24)16-10-6-7-11-17(16)20(23)25/h3-5,8-9,16-17H,6-7,10-12H2,1-2H3/t16-,17-/m1/s1. The zero-order valence-corrected chi connectivity index (χ0v) is 14.7. The van der Waals surface area contributed by atoms with Crippen molar-refractivity contribution in [2.75, 3.05) is 4.90 Å². The summed E-state index contributed by atoms with van der Waals surface area (Å²) in [6.45, 7) is 4.46. The molecular weight excluding hydrogens is 314 g/mol. The predicted molar refractivity (Wildman–Crippen MR) is 95.2 cm³/mol. The van der Waals surface area contributed by atoms with Gasteiger partial charge >= 0.3 is 0 Å². The number of carbonyl (C=O) groups excluding carboxylic acids is 2. The molecule has 1 saturated carbocycles. The van der Waals surface area contributed by atoms with Crippen LogP contribution in [0.1, 0.15) is 42.6 Å². The van der Waals surface area contributed by atoms with Crippen LogP contribution in [0.2, 0.25) is 0 Å². The molecule has 0 spiro atoms. The molecule has 5 nitrogen and oxygen atoms in total. The zero-order valence-electron chi connectivity index (χ0n) is 14.7. The second-order valence-corrected chi connectivity index (χ2v) is 7.17. The van der Waals surface area contributed by atoms with E-state index in [2.05, 4.69) is 17.2 Å². The van der Waals surface area contributed by atoms with E-state index in [0.717, 1.165) is 42.6 Å². The maximum atomic E-state index is 12.9. The molecule has 0 N–H and O–H groups in total. The Hall–Kier alpha value is -2.43. The van der Waals surface area contributed by atoms with E-state index in [4.69, 9.17) is 0 Å². The highest BCUT2D eigenvalue weighted by Crippen LogP contribution is 2.41. The highest BCUT2D eigenvalue weighted by Gasteiger charge is 2.49. The fourth-order valence-electron chi connectivity index (χ4n) is 4.30. The monoisotopic (exact) mass is 337 g/mol. The third-order valence-corrected chi connectivity index (χ3v) is 5.58. The van der Waals surface area contributed by atoms with Crippen molar-refractivity contribution in [2.45, 2.75) is 46.1 Å². The zero-order chi connectivity index (χ0) is 17.6. The first-order chi connectivity index (χ1) is 12.1. The Balaban J connectivity index is 1.69. The lowest BCUT2D eigenvalue weighted by Crippen LogP contribution is -2.31. The third kappa shape index (κ3) is 2.58. The number of aryl methyl sites for hydroxylation is 1. The Bertz CT molecular complexity index is 801. The lowest BCUT2D eigenvalue weighted by molar-refractivity contribution is -0.122. The predicted octanol–water partition coefficient (Wildman–Crippen LogP) is 3.23. The van der Waals surface area contributed by atoms with Gasteiger partial charge in [0.25, 0.3) is 0 Å². The van der Waals surface area contributed by atoms with Gasteiger partial charge in [-0.1, -0.05) is 43.2 Å². The van der Waals surface area contributed by atoms with Gasteiger partial charge in [-0.25, -0.2) is 4.90 Å². The van der Waals surface area contributed by atoms with Crippen molar-refractivity contribution in [3.05, 3.63) is 47.3 Å². The molecule has 1 aliphatic carbocycles. The molecule has 1 aliphatic heterocycles. The van der Waals surface area contributed by atoms with Gasteiger partial charge in [-0.05, 0) is 32.3 Å². The maximum Gasteiger partial charge on any atom is 0.237 e. The first kappa shape index (κ1) is 16.1. The van der Waals surface area contributed by atoms with Gasteiger partial charge in [0.2, 0.25) is 11.8 Å². The lowest BCUT2D eigenvalue weighted by Gasteiger charge is -2.19. The number of nitrogens with zero attached hydrogens (tertiary/aromatic N) is 3. The highest BCUT2D eigenvalue weighted by atomic mass is 16.2.